The molecule has 0 aliphatic carbocycles. The number of thiophene rings is 1. The maximum absolute atomic E-state index is 11.9. The Morgan fingerprint density at radius 1 is 1.05 bits per heavy atom. The summed E-state index contributed by atoms with van der Waals surface area (Å²) in [4.78, 5) is 27.2. The van der Waals surface area contributed by atoms with Gasteiger partial charge in [-0.05, 0) is 25.0 Å². The van der Waals surface area contributed by atoms with Crippen LogP contribution >= 0.6 is 11.3 Å². The Bertz CT molecular complexity index is 1730. The predicted molar refractivity (Wildman–Crippen MR) is 169 cm³/mol. The lowest BCUT2D eigenvalue weighted by atomic mass is 10.1. The molecule has 44 heavy (non-hydrogen) atoms. The fraction of sp³-hybridized carbons (Fsp3) is 0.517. The summed E-state index contributed by atoms with van der Waals surface area (Å²) in [6.07, 6.45) is 6.05. The zero-order valence-corrected chi connectivity index (χ0v) is 26.4. The molecule has 0 spiro atoms. The molecule has 2 aliphatic heterocycles. The van der Waals surface area contributed by atoms with Crippen molar-refractivity contribution in [2.75, 3.05) is 63.6 Å². The number of sulfonamides is 1. The van der Waals surface area contributed by atoms with Gasteiger partial charge in [-0.1, -0.05) is 18.6 Å². The van der Waals surface area contributed by atoms with Crippen LogP contribution < -0.4 is 10.4 Å². The fourth-order valence-corrected chi connectivity index (χ4v) is 7.77. The van der Waals surface area contributed by atoms with Crippen molar-refractivity contribution in [3.05, 3.63) is 35.3 Å². The number of benzene rings is 1. The van der Waals surface area contributed by atoms with E-state index in [4.69, 9.17) is 25.0 Å². The van der Waals surface area contributed by atoms with Crippen LogP contribution in [0.3, 0.4) is 0 Å². The highest BCUT2D eigenvalue weighted by molar-refractivity contribution is 7.88. The first-order valence-electron chi connectivity index (χ1n) is 15.0. The van der Waals surface area contributed by atoms with Gasteiger partial charge >= 0.3 is 0 Å². The van der Waals surface area contributed by atoms with Gasteiger partial charge in [-0.3, -0.25) is 19.6 Å². The number of aryl methyl sites for hydroxylation is 1. The average Bonchev–Trinajstić information content (AvgIpc) is 3.63. The number of amides is 1. The normalized spacial score (nSPS) is 17.1. The molecule has 236 valence electrons. The van der Waals surface area contributed by atoms with E-state index in [1.807, 2.05) is 29.1 Å². The van der Waals surface area contributed by atoms with Gasteiger partial charge in [-0.15, -0.1) is 11.3 Å². The highest BCUT2D eigenvalue weighted by Gasteiger charge is 2.25. The topological polar surface area (TPSA) is 146 Å². The molecule has 0 saturated carbocycles. The molecule has 1 aromatic carbocycles. The molecule has 0 unspecified atom stereocenters. The number of anilines is 1. The van der Waals surface area contributed by atoms with Gasteiger partial charge in [0.15, 0.2) is 11.6 Å². The number of rotatable bonds is 11. The molecule has 5 heterocycles. The summed E-state index contributed by atoms with van der Waals surface area (Å²) < 4.78 is 34.1. The summed E-state index contributed by atoms with van der Waals surface area (Å²) in [6, 6.07) is 8.17. The number of unbranched alkanes of at least 4 members (excludes halogenated alkanes) is 2. The van der Waals surface area contributed by atoms with Crippen molar-refractivity contribution in [3.8, 4) is 11.4 Å². The molecule has 2 aliphatic rings. The molecular formula is C29H38N8O5S2. The van der Waals surface area contributed by atoms with E-state index in [2.05, 4.69) is 15.9 Å². The smallest absolute Gasteiger partial charge is 0.243 e. The van der Waals surface area contributed by atoms with Gasteiger partial charge in [0, 0.05) is 80.8 Å². The predicted octanol–water partition coefficient (Wildman–Crippen LogP) is 2.69. The van der Waals surface area contributed by atoms with Crippen molar-refractivity contribution in [3.63, 3.8) is 0 Å². The van der Waals surface area contributed by atoms with Crippen LogP contribution in [0.2, 0.25) is 0 Å². The van der Waals surface area contributed by atoms with Crippen molar-refractivity contribution in [2.45, 2.75) is 38.8 Å². The summed E-state index contributed by atoms with van der Waals surface area (Å²) in [5.74, 6) is 1.21. The molecule has 2 fully saturated rings. The molecule has 2 saturated heterocycles. The number of ether oxygens (including phenoxy) is 1. The monoisotopic (exact) mass is 642 g/mol. The van der Waals surface area contributed by atoms with E-state index in [0.717, 1.165) is 71.5 Å². The van der Waals surface area contributed by atoms with Crippen LogP contribution in [0.1, 0.15) is 30.6 Å². The lowest BCUT2D eigenvalue weighted by molar-refractivity contribution is -0.129. The minimum atomic E-state index is -3.17. The Balaban J connectivity index is 1.26. The molecule has 15 heteroatoms. The van der Waals surface area contributed by atoms with Crippen molar-refractivity contribution in [2.24, 2.45) is 0 Å². The van der Waals surface area contributed by atoms with E-state index in [9.17, 15) is 13.2 Å². The number of morpholine rings is 1. The molecule has 13 nitrogen and oxygen atoms in total. The van der Waals surface area contributed by atoms with Crippen LogP contribution in [0, 0.1) is 0 Å². The minimum Gasteiger partial charge on any atom is -0.378 e. The van der Waals surface area contributed by atoms with E-state index in [1.165, 1.54) is 11.1 Å². The summed E-state index contributed by atoms with van der Waals surface area (Å²) in [5.41, 5.74) is 4.38. The number of hydrogen-bond donors (Lipinski definition) is 2. The largest absolute Gasteiger partial charge is 0.378 e. The first-order valence-corrected chi connectivity index (χ1v) is 17.6. The first-order chi connectivity index (χ1) is 21.3. The summed E-state index contributed by atoms with van der Waals surface area (Å²) in [7, 11) is -3.17. The number of aromatic nitrogens is 4. The van der Waals surface area contributed by atoms with Crippen molar-refractivity contribution in [1.82, 2.24) is 34.4 Å². The lowest BCUT2D eigenvalue weighted by Crippen LogP contribution is -2.47. The van der Waals surface area contributed by atoms with Crippen LogP contribution in [-0.2, 0) is 32.6 Å². The van der Waals surface area contributed by atoms with Gasteiger partial charge in [-0.25, -0.2) is 23.9 Å². The minimum absolute atomic E-state index is 0.303. The highest BCUT2D eigenvalue weighted by Crippen LogP contribution is 2.36. The zero-order valence-electron chi connectivity index (χ0n) is 24.8. The molecule has 6 rings (SSSR count). The molecular weight excluding hydrogens is 605 g/mol. The maximum Gasteiger partial charge on any atom is 0.243 e. The van der Waals surface area contributed by atoms with E-state index in [-0.39, 0.29) is 5.91 Å². The highest BCUT2D eigenvalue weighted by atomic mass is 32.2. The van der Waals surface area contributed by atoms with Gasteiger partial charge < -0.3 is 9.64 Å². The van der Waals surface area contributed by atoms with Gasteiger partial charge in [0.1, 0.15) is 0 Å². The number of carbonyl (C=O) groups is 1. The molecule has 0 bridgehead atoms. The Labute approximate surface area is 260 Å². The molecule has 1 amide bonds. The standard InChI is InChI=1S/C29H38N8O5S2/c1-44(40,41)37-12-10-34(11-13-37)19-21-18-25-27(43-21)29(35-14-16-42-17-15-35)31-28(30-25)22-6-5-7-24-23(22)20-36(32-24)9-4-2-3-8-26(38)33-39/h5-7,18,20,39H,2-4,8-17,19H2,1H3,(H,33,38). The average molecular weight is 643 g/mol. The Morgan fingerprint density at radius 2 is 1.84 bits per heavy atom. The summed E-state index contributed by atoms with van der Waals surface area (Å²) >= 11 is 1.71. The number of nitrogens with one attached hydrogen (secondary N) is 1. The van der Waals surface area contributed by atoms with E-state index < -0.39 is 10.0 Å². The SMILES string of the molecule is CS(=O)(=O)N1CCN(Cc2cc3nc(-c4cccc5nn(CCCCCC(=O)NO)cc45)nc(N4CCOCC4)c3s2)CC1. The third kappa shape index (κ3) is 7.03. The number of hydrogen-bond acceptors (Lipinski definition) is 11. The van der Waals surface area contributed by atoms with Crippen LogP contribution in [0.15, 0.2) is 30.5 Å². The number of piperazine rings is 1. The van der Waals surface area contributed by atoms with E-state index in [0.29, 0.717) is 58.1 Å². The first kappa shape index (κ1) is 30.8. The second kappa shape index (κ2) is 13.4. The van der Waals surface area contributed by atoms with Crippen LogP contribution in [0.4, 0.5) is 5.82 Å². The third-order valence-corrected chi connectivity index (χ3v) is 10.6. The Morgan fingerprint density at radius 3 is 2.59 bits per heavy atom. The quantitative estimate of drug-likeness (QED) is 0.142. The van der Waals surface area contributed by atoms with Gasteiger partial charge in [-0.2, -0.15) is 9.40 Å². The Hall–Kier alpha value is -3.21. The van der Waals surface area contributed by atoms with Gasteiger partial charge in [0.2, 0.25) is 15.9 Å². The number of hydroxylamine groups is 1. The fourth-order valence-electron chi connectivity index (χ4n) is 5.79. The van der Waals surface area contributed by atoms with Crippen LogP contribution in [0.5, 0.6) is 0 Å². The van der Waals surface area contributed by atoms with E-state index >= 15 is 0 Å². The van der Waals surface area contributed by atoms with Crippen molar-refractivity contribution >= 4 is 54.2 Å². The lowest BCUT2D eigenvalue weighted by Gasteiger charge is -2.32. The van der Waals surface area contributed by atoms with Crippen molar-refractivity contribution in [1.29, 1.82) is 0 Å². The number of fused-ring (bicyclic) bond motifs is 2. The molecule has 0 atom stereocenters. The second-order valence-corrected chi connectivity index (χ2v) is 14.4. The van der Waals surface area contributed by atoms with Crippen LogP contribution in [0.25, 0.3) is 32.5 Å². The third-order valence-electron chi connectivity index (χ3n) is 8.15. The number of carbonyl (C=O) groups excluding carboxylic acids is 1. The van der Waals surface area contributed by atoms with Crippen LogP contribution in [-0.4, -0.2) is 107 Å². The van der Waals surface area contributed by atoms with Crippen molar-refractivity contribution < 1.29 is 23.2 Å². The number of nitrogens with zero attached hydrogens (tertiary/aromatic N) is 7. The zero-order chi connectivity index (χ0) is 30.7. The molecule has 0 radical (unpaired) electrons. The summed E-state index contributed by atoms with van der Waals surface area (Å²) in [6.45, 7) is 6.67. The van der Waals surface area contributed by atoms with Gasteiger partial charge in [0.25, 0.3) is 0 Å². The molecule has 3 aromatic heterocycles. The van der Waals surface area contributed by atoms with E-state index in [1.54, 1.807) is 21.1 Å². The van der Waals surface area contributed by atoms with Gasteiger partial charge in [0.05, 0.1) is 35.2 Å². The molecule has 4 aromatic rings. The molecule has 2 N–H and O–H groups in total. The summed E-state index contributed by atoms with van der Waals surface area (Å²) in [5, 5.41) is 14.4. The second-order valence-electron chi connectivity index (χ2n) is 11.3. The Kier molecular flexibility index (Phi) is 9.40. The maximum atomic E-state index is 11.9.